The quantitative estimate of drug-likeness (QED) is 0.856. The Hall–Kier alpha value is -2.14. The van der Waals surface area contributed by atoms with E-state index < -0.39 is 0 Å². The van der Waals surface area contributed by atoms with E-state index in [4.69, 9.17) is 4.74 Å². The first-order valence-electron chi connectivity index (χ1n) is 8.75. The van der Waals surface area contributed by atoms with Gasteiger partial charge in [0.1, 0.15) is 0 Å². The molecule has 5 nitrogen and oxygen atoms in total. The van der Waals surface area contributed by atoms with Crippen LogP contribution >= 0.6 is 0 Å². The van der Waals surface area contributed by atoms with Gasteiger partial charge in [0, 0.05) is 49.7 Å². The Bertz CT molecular complexity index is 693. The van der Waals surface area contributed by atoms with Gasteiger partial charge in [0.25, 0.3) is 0 Å². The van der Waals surface area contributed by atoms with E-state index in [9.17, 15) is 9.59 Å². The van der Waals surface area contributed by atoms with Crippen LogP contribution in [0.4, 0.5) is 5.69 Å². The number of benzene rings is 1. The van der Waals surface area contributed by atoms with E-state index in [0.29, 0.717) is 5.92 Å². The highest BCUT2D eigenvalue weighted by Gasteiger charge is 2.61. The molecule has 0 spiro atoms. The molecule has 25 heavy (non-hydrogen) atoms. The van der Waals surface area contributed by atoms with Crippen molar-refractivity contribution in [2.45, 2.75) is 39.3 Å². The smallest absolute Gasteiger partial charge is 0.246 e. The summed E-state index contributed by atoms with van der Waals surface area (Å²) >= 11 is 0. The Balaban J connectivity index is 1.63. The third kappa shape index (κ3) is 3.33. The summed E-state index contributed by atoms with van der Waals surface area (Å²) in [5.74, 6) is 0.362. The molecule has 1 aliphatic heterocycles. The second-order valence-corrected chi connectivity index (χ2v) is 7.60. The lowest BCUT2D eigenvalue weighted by Gasteiger charge is -2.57. The maximum absolute atomic E-state index is 12.6. The average Bonchev–Trinajstić information content (AvgIpc) is 2.99. The normalized spacial score (nSPS) is 26.8. The number of nitrogens with zero attached hydrogens (tertiary/aromatic N) is 1. The van der Waals surface area contributed by atoms with Crippen molar-refractivity contribution in [2.24, 2.45) is 11.3 Å². The van der Waals surface area contributed by atoms with Crippen LogP contribution < -0.4 is 5.32 Å². The van der Waals surface area contributed by atoms with Gasteiger partial charge in [0.2, 0.25) is 11.8 Å². The minimum atomic E-state index is -0.0996. The van der Waals surface area contributed by atoms with E-state index in [-0.39, 0.29) is 29.4 Å². The zero-order valence-electron chi connectivity index (χ0n) is 15.3. The van der Waals surface area contributed by atoms with E-state index in [0.717, 1.165) is 24.3 Å². The van der Waals surface area contributed by atoms with Crippen molar-refractivity contribution in [1.29, 1.82) is 0 Å². The van der Waals surface area contributed by atoms with E-state index in [1.54, 1.807) is 6.08 Å². The topological polar surface area (TPSA) is 58.6 Å². The van der Waals surface area contributed by atoms with Crippen LogP contribution in [-0.4, -0.2) is 42.5 Å². The van der Waals surface area contributed by atoms with Gasteiger partial charge in [-0.1, -0.05) is 26.0 Å². The van der Waals surface area contributed by atoms with Crippen molar-refractivity contribution in [2.75, 3.05) is 19.0 Å². The number of carbonyl (C=O) groups is 2. The minimum Gasteiger partial charge on any atom is -0.377 e. The molecule has 0 radical (unpaired) electrons. The van der Waals surface area contributed by atoms with Crippen molar-refractivity contribution in [3.8, 4) is 0 Å². The number of hydrogen-bond donors (Lipinski definition) is 1. The van der Waals surface area contributed by atoms with Gasteiger partial charge in [0.15, 0.2) is 0 Å². The third-order valence-electron chi connectivity index (χ3n) is 5.45. The number of likely N-dealkylation sites (N-methyl/N-ethyl adjacent to an activating group) is 1. The molecular formula is C20H26N2O3. The number of fused-ring (bicyclic) bond motifs is 1. The van der Waals surface area contributed by atoms with Gasteiger partial charge in [-0.25, -0.2) is 0 Å². The molecule has 0 bridgehead atoms. The summed E-state index contributed by atoms with van der Waals surface area (Å²) in [4.78, 5) is 25.5. The number of amides is 2. The van der Waals surface area contributed by atoms with Crippen LogP contribution in [0.2, 0.25) is 0 Å². The minimum absolute atomic E-state index is 0.000571. The van der Waals surface area contributed by atoms with E-state index in [1.165, 1.54) is 6.92 Å². The number of rotatable bonds is 4. The van der Waals surface area contributed by atoms with Crippen molar-refractivity contribution in [3.05, 3.63) is 35.9 Å². The summed E-state index contributed by atoms with van der Waals surface area (Å²) in [7, 11) is 1.88. The fraction of sp³-hybridized carbons (Fsp3) is 0.500. The van der Waals surface area contributed by atoms with Crippen LogP contribution in [0.3, 0.4) is 0 Å². The molecule has 5 heteroatoms. The highest BCUT2D eigenvalue weighted by atomic mass is 16.5. The standard InChI is InChI=1S/C20H26N2O3/c1-13(23)21-15-8-5-14(6-9-15)7-10-17(24)22(4)18-16-11-12-25-19(16)20(18,2)3/h5-10,16,18-19H,11-12H2,1-4H3,(H,21,23). The van der Waals surface area contributed by atoms with Crippen molar-refractivity contribution in [1.82, 2.24) is 4.90 Å². The zero-order chi connectivity index (χ0) is 18.2. The fourth-order valence-corrected chi connectivity index (χ4v) is 4.39. The molecule has 2 fully saturated rings. The Kier molecular flexibility index (Phi) is 4.69. The molecule has 3 unspecified atom stereocenters. The molecule has 1 heterocycles. The van der Waals surface area contributed by atoms with E-state index in [1.807, 2.05) is 42.3 Å². The van der Waals surface area contributed by atoms with Gasteiger partial charge >= 0.3 is 0 Å². The van der Waals surface area contributed by atoms with Gasteiger partial charge in [0.05, 0.1) is 6.10 Å². The Morgan fingerprint density at radius 3 is 2.60 bits per heavy atom. The molecular weight excluding hydrogens is 316 g/mol. The van der Waals surface area contributed by atoms with E-state index in [2.05, 4.69) is 19.2 Å². The summed E-state index contributed by atoms with van der Waals surface area (Å²) in [6, 6.07) is 7.63. The lowest BCUT2D eigenvalue weighted by atomic mass is 9.57. The number of nitrogens with one attached hydrogen (secondary N) is 1. The highest BCUT2D eigenvalue weighted by molar-refractivity contribution is 5.92. The largest absolute Gasteiger partial charge is 0.377 e. The predicted octanol–water partition coefficient (Wildman–Crippen LogP) is 2.93. The molecule has 1 aromatic rings. The predicted molar refractivity (Wildman–Crippen MR) is 98.0 cm³/mol. The molecule has 0 aromatic heterocycles. The molecule has 1 aromatic carbocycles. The molecule has 3 rings (SSSR count). The van der Waals surface area contributed by atoms with Crippen molar-refractivity contribution >= 4 is 23.6 Å². The Labute approximate surface area is 149 Å². The molecule has 1 saturated heterocycles. The first-order valence-corrected chi connectivity index (χ1v) is 8.75. The summed E-state index contributed by atoms with van der Waals surface area (Å²) < 4.78 is 5.81. The summed E-state index contributed by atoms with van der Waals surface area (Å²) in [6.07, 6.45) is 4.74. The SMILES string of the molecule is CC(=O)Nc1ccc(C=CC(=O)N(C)C2C3CCOC3C2(C)C)cc1. The molecule has 2 amide bonds. The molecule has 2 aliphatic rings. The van der Waals surface area contributed by atoms with Gasteiger partial charge in [-0.3, -0.25) is 9.59 Å². The first kappa shape index (κ1) is 17.7. The molecule has 3 atom stereocenters. The number of hydrogen-bond acceptors (Lipinski definition) is 3. The van der Waals surface area contributed by atoms with Gasteiger partial charge in [-0.15, -0.1) is 0 Å². The zero-order valence-corrected chi connectivity index (χ0v) is 15.3. The average molecular weight is 342 g/mol. The van der Waals surface area contributed by atoms with Gasteiger partial charge in [-0.05, 0) is 30.2 Å². The number of carbonyl (C=O) groups excluding carboxylic acids is 2. The molecule has 1 aliphatic carbocycles. The fourth-order valence-electron chi connectivity index (χ4n) is 4.39. The van der Waals surface area contributed by atoms with Gasteiger partial charge in [-0.2, -0.15) is 0 Å². The lowest BCUT2D eigenvalue weighted by molar-refractivity contribution is -0.163. The second-order valence-electron chi connectivity index (χ2n) is 7.60. The van der Waals surface area contributed by atoms with Crippen LogP contribution in [0.1, 0.15) is 32.8 Å². The number of ether oxygens (including phenoxy) is 1. The summed E-state index contributed by atoms with van der Waals surface area (Å²) in [6.45, 7) is 6.63. The highest BCUT2D eigenvalue weighted by Crippen LogP contribution is 2.54. The first-order chi connectivity index (χ1) is 11.8. The van der Waals surface area contributed by atoms with Crippen LogP contribution in [0, 0.1) is 11.3 Å². The number of anilines is 1. The molecule has 134 valence electrons. The summed E-state index contributed by atoms with van der Waals surface area (Å²) in [5.41, 5.74) is 1.67. The molecule has 1 saturated carbocycles. The van der Waals surface area contributed by atoms with Gasteiger partial charge < -0.3 is 15.0 Å². The maximum atomic E-state index is 12.6. The third-order valence-corrected chi connectivity index (χ3v) is 5.45. The lowest BCUT2D eigenvalue weighted by Crippen LogP contribution is -2.66. The van der Waals surface area contributed by atoms with Crippen LogP contribution in [-0.2, 0) is 14.3 Å². The van der Waals surface area contributed by atoms with Crippen LogP contribution in [0.15, 0.2) is 30.3 Å². The summed E-state index contributed by atoms with van der Waals surface area (Å²) in [5, 5.41) is 2.73. The van der Waals surface area contributed by atoms with Crippen LogP contribution in [0.5, 0.6) is 0 Å². The maximum Gasteiger partial charge on any atom is 0.246 e. The second kappa shape index (κ2) is 6.64. The van der Waals surface area contributed by atoms with Crippen molar-refractivity contribution in [3.63, 3.8) is 0 Å². The van der Waals surface area contributed by atoms with Crippen LogP contribution in [0.25, 0.3) is 6.08 Å². The monoisotopic (exact) mass is 342 g/mol. The molecule has 1 N–H and O–H groups in total. The van der Waals surface area contributed by atoms with Crippen molar-refractivity contribution < 1.29 is 14.3 Å². The Morgan fingerprint density at radius 1 is 1.28 bits per heavy atom. The van der Waals surface area contributed by atoms with E-state index >= 15 is 0 Å². The Morgan fingerprint density at radius 2 is 1.96 bits per heavy atom.